The van der Waals surface area contributed by atoms with Crippen LogP contribution in [0.15, 0.2) is 35.2 Å². The van der Waals surface area contributed by atoms with E-state index in [-0.39, 0.29) is 28.8 Å². The van der Waals surface area contributed by atoms with Crippen molar-refractivity contribution >= 4 is 40.1 Å². The number of carbonyl (C=O) groups excluding carboxylic acids is 1. The second-order valence-electron chi connectivity index (χ2n) is 7.42. The van der Waals surface area contributed by atoms with Gasteiger partial charge in [0.2, 0.25) is 5.60 Å². The van der Waals surface area contributed by atoms with Gasteiger partial charge in [-0.15, -0.1) is 0 Å². The first-order valence-corrected chi connectivity index (χ1v) is 10.8. The summed E-state index contributed by atoms with van der Waals surface area (Å²) in [5.41, 5.74) is -1.88. The standard InChI is InChI=1S/C20H19ClF4N2O4S/c1-11-14(21)8-12(22)9-17(11)32(29)27-6-7-30-16-5-4-13(10-15(16)27)26-18(28)31-19(2,3)20(23,24)25/h4-5,8-10H,6-7H2,1-3H3,(H,26,28). The first-order valence-electron chi connectivity index (χ1n) is 9.29. The third-order valence-corrected chi connectivity index (χ3v) is 6.68. The molecule has 0 saturated heterocycles. The molecule has 2 aromatic rings. The quantitative estimate of drug-likeness (QED) is 0.562. The number of carbonyl (C=O) groups is 1. The Morgan fingerprint density at radius 3 is 2.59 bits per heavy atom. The highest BCUT2D eigenvalue weighted by Gasteiger charge is 2.51. The maximum Gasteiger partial charge on any atom is 0.427 e. The molecule has 12 heteroatoms. The number of alkyl halides is 3. The van der Waals surface area contributed by atoms with Crippen LogP contribution in [0.2, 0.25) is 5.02 Å². The van der Waals surface area contributed by atoms with Crippen LogP contribution in [0.1, 0.15) is 19.4 Å². The predicted molar refractivity (Wildman–Crippen MR) is 112 cm³/mol. The lowest BCUT2D eigenvalue weighted by molar-refractivity contribution is -0.242. The Balaban J connectivity index is 1.87. The van der Waals surface area contributed by atoms with Gasteiger partial charge in [0.25, 0.3) is 0 Å². The van der Waals surface area contributed by atoms with E-state index in [4.69, 9.17) is 16.3 Å². The smallest absolute Gasteiger partial charge is 0.427 e. The molecule has 6 nitrogen and oxygen atoms in total. The largest absolute Gasteiger partial charge is 0.489 e. The van der Waals surface area contributed by atoms with Gasteiger partial charge in [-0.05, 0) is 56.7 Å². The predicted octanol–water partition coefficient (Wildman–Crippen LogP) is 5.60. The van der Waals surface area contributed by atoms with E-state index in [0.717, 1.165) is 26.0 Å². The maximum atomic E-state index is 13.9. The van der Waals surface area contributed by atoms with Gasteiger partial charge in [0.15, 0.2) is 11.0 Å². The van der Waals surface area contributed by atoms with Crippen LogP contribution in [0.3, 0.4) is 0 Å². The van der Waals surface area contributed by atoms with Crippen LogP contribution in [0.4, 0.5) is 33.7 Å². The summed E-state index contributed by atoms with van der Waals surface area (Å²) in [5.74, 6) is -0.317. The Kier molecular flexibility index (Phi) is 6.62. The molecule has 0 spiro atoms. The molecular formula is C20H19ClF4N2O4S. The molecular weight excluding hydrogens is 476 g/mol. The summed E-state index contributed by atoms with van der Waals surface area (Å²) in [4.78, 5) is 12.2. The van der Waals surface area contributed by atoms with Gasteiger partial charge in [0.1, 0.15) is 18.2 Å². The van der Waals surface area contributed by atoms with Crippen molar-refractivity contribution in [3.05, 3.63) is 46.7 Å². The molecule has 1 N–H and O–H groups in total. The van der Waals surface area contributed by atoms with Crippen LogP contribution < -0.4 is 14.4 Å². The van der Waals surface area contributed by atoms with Crippen LogP contribution in [0, 0.1) is 12.7 Å². The molecule has 0 aromatic heterocycles. The summed E-state index contributed by atoms with van der Waals surface area (Å²) in [6.45, 7) is 3.42. The number of hydrogen-bond acceptors (Lipinski definition) is 4. The molecule has 2 aromatic carbocycles. The normalized spacial score (nSPS) is 14.9. The molecule has 1 aliphatic rings. The zero-order valence-corrected chi connectivity index (χ0v) is 18.8. The number of amides is 1. The summed E-state index contributed by atoms with van der Waals surface area (Å²) in [6, 6.07) is 6.47. The fraction of sp³-hybridized carbons (Fsp3) is 0.350. The molecule has 0 aliphatic carbocycles. The number of rotatable bonds is 4. The SMILES string of the molecule is Cc1c(Cl)cc(F)cc1S(=O)N1CCOc2ccc(NC(=O)OC(C)(C)C(F)(F)F)cc21. The number of fused-ring (bicyclic) bond motifs is 1. The molecule has 0 saturated carbocycles. The summed E-state index contributed by atoms with van der Waals surface area (Å²) < 4.78 is 77.4. The lowest BCUT2D eigenvalue weighted by atomic mass is 10.1. The van der Waals surface area contributed by atoms with E-state index in [2.05, 4.69) is 10.1 Å². The third kappa shape index (κ3) is 4.93. The van der Waals surface area contributed by atoms with Crippen LogP contribution in [0.25, 0.3) is 0 Å². The van der Waals surface area contributed by atoms with Crippen LogP contribution in [0.5, 0.6) is 5.75 Å². The number of hydrogen-bond donors (Lipinski definition) is 1. The zero-order chi connectivity index (χ0) is 23.8. The first-order chi connectivity index (χ1) is 14.8. The fourth-order valence-electron chi connectivity index (χ4n) is 2.80. The van der Waals surface area contributed by atoms with E-state index in [9.17, 15) is 26.6 Å². The number of nitrogens with one attached hydrogen (secondary N) is 1. The van der Waals surface area contributed by atoms with Crippen LogP contribution in [-0.4, -0.2) is 35.2 Å². The Morgan fingerprint density at radius 1 is 1.25 bits per heavy atom. The zero-order valence-electron chi connectivity index (χ0n) is 17.2. The fourth-order valence-corrected chi connectivity index (χ4v) is 4.44. The molecule has 0 radical (unpaired) electrons. The van der Waals surface area contributed by atoms with Crippen molar-refractivity contribution in [2.24, 2.45) is 0 Å². The van der Waals surface area contributed by atoms with Gasteiger partial charge in [-0.3, -0.25) is 9.62 Å². The molecule has 1 heterocycles. The van der Waals surface area contributed by atoms with Gasteiger partial charge in [0, 0.05) is 10.7 Å². The first kappa shape index (κ1) is 24.1. The van der Waals surface area contributed by atoms with Crippen LogP contribution in [-0.2, 0) is 15.7 Å². The molecule has 3 rings (SSSR count). The molecule has 1 aliphatic heterocycles. The van der Waals surface area contributed by atoms with E-state index in [0.29, 0.717) is 17.0 Å². The highest BCUT2D eigenvalue weighted by atomic mass is 35.5. The summed E-state index contributed by atoms with van der Waals surface area (Å²) in [6.07, 6.45) is -6.07. The molecule has 1 amide bonds. The number of ether oxygens (including phenoxy) is 2. The van der Waals surface area contributed by atoms with Crippen molar-refractivity contribution in [1.29, 1.82) is 0 Å². The lowest BCUT2D eigenvalue weighted by Crippen LogP contribution is -2.44. The topological polar surface area (TPSA) is 67.9 Å². The molecule has 0 bridgehead atoms. The number of nitrogens with zero attached hydrogens (tertiary/aromatic N) is 1. The van der Waals surface area contributed by atoms with Gasteiger partial charge >= 0.3 is 12.3 Å². The average molecular weight is 495 g/mol. The van der Waals surface area contributed by atoms with Crippen molar-refractivity contribution in [3.63, 3.8) is 0 Å². The molecule has 1 unspecified atom stereocenters. The van der Waals surface area contributed by atoms with E-state index < -0.39 is 34.7 Å². The molecule has 0 fully saturated rings. The minimum atomic E-state index is -4.76. The molecule has 174 valence electrons. The highest BCUT2D eigenvalue weighted by Crippen LogP contribution is 2.38. The number of halogens is 5. The van der Waals surface area contributed by atoms with Gasteiger partial charge in [-0.25, -0.2) is 13.4 Å². The third-order valence-electron chi connectivity index (χ3n) is 4.71. The van der Waals surface area contributed by atoms with Crippen molar-refractivity contribution in [2.75, 3.05) is 22.8 Å². The van der Waals surface area contributed by atoms with Crippen LogP contribution >= 0.6 is 11.6 Å². The Morgan fingerprint density at radius 2 is 1.94 bits per heavy atom. The summed E-state index contributed by atoms with van der Waals surface area (Å²) in [5, 5.41) is 2.34. The lowest BCUT2D eigenvalue weighted by Gasteiger charge is -2.31. The average Bonchev–Trinajstić information content (AvgIpc) is 2.68. The second kappa shape index (κ2) is 8.78. The van der Waals surface area contributed by atoms with Crippen molar-refractivity contribution in [3.8, 4) is 5.75 Å². The van der Waals surface area contributed by atoms with E-state index in [1.165, 1.54) is 22.5 Å². The highest BCUT2D eigenvalue weighted by molar-refractivity contribution is 7.86. The Bertz CT molecular complexity index is 1080. The summed E-state index contributed by atoms with van der Waals surface area (Å²) in [7, 11) is -1.88. The van der Waals surface area contributed by atoms with E-state index in [1.54, 1.807) is 6.92 Å². The van der Waals surface area contributed by atoms with Gasteiger partial charge < -0.3 is 9.47 Å². The molecule has 32 heavy (non-hydrogen) atoms. The van der Waals surface area contributed by atoms with Crippen molar-refractivity contribution in [2.45, 2.75) is 37.4 Å². The maximum absolute atomic E-state index is 13.9. The number of anilines is 2. The number of benzene rings is 2. The Labute approximate surface area is 189 Å². The summed E-state index contributed by atoms with van der Waals surface area (Å²) >= 11 is 6.01. The van der Waals surface area contributed by atoms with E-state index in [1.807, 2.05) is 0 Å². The molecule has 1 atom stereocenters. The van der Waals surface area contributed by atoms with E-state index >= 15 is 0 Å². The van der Waals surface area contributed by atoms with Gasteiger partial charge in [-0.2, -0.15) is 13.2 Å². The minimum absolute atomic E-state index is 0.0909. The van der Waals surface area contributed by atoms with Crippen molar-refractivity contribution < 1.29 is 36.0 Å². The second-order valence-corrected chi connectivity index (χ2v) is 9.20. The van der Waals surface area contributed by atoms with Gasteiger partial charge in [-0.1, -0.05) is 11.6 Å². The van der Waals surface area contributed by atoms with Gasteiger partial charge in [0.05, 0.1) is 17.1 Å². The Hall–Kier alpha value is -2.53. The monoisotopic (exact) mass is 494 g/mol. The minimum Gasteiger partial charge on any atom is -0.489 e. The van der Waals surface area contributed by atoms with Crippen molar-refractivity contribution in [1.82, 2.24) is 0 Å².